The minimum atomic E-state index is -0.803. The Morgan fingerprint density at radius 2 is 1.75 bits per heavy atom. The van der Waals surface area contributed by atoms with Crippen LogP contribution in [0.2, 0.25) is 0 Å². The maximum atomic E-state index is 12.8. The lowest BCUT2D eigenvalue weighted by Gasteiger charge is -2.35. The van der Waals surface area contributed by atoms with E-state index in [1.807, 2.05) is 30.3 Å². The molecule has 0 saturated heterocycles. The van der Waals surface area contributed by atoms with Crippen LogP contribution in [0.5, 0.6) is 0 Å². The van der Waals surface area contributed by atoms with Crippen LogP contribution in [-0.4, -0.2) is 34.9 Å². The number of benzene rings is 1. The molecule has 0 aromatic heterocycles. The molecule has 3 aliphatic rings. The third-order valence-corrected chi connectivity index (χ3v) is 4.86. The molecule has 1 aromatic carbocycles. The molecular weight excluding hydrogens is 302 g/mol. The highest BCUT2D eigenvalue weighted by Crippen LogP contribution is 2.39. The first-order chi connectivity index (χ1) is 11.4. The number of hydrogen-bond donors (Lipinski definition) is 0. The second kappa shape index (κ2) is 4.90. The van der Waals surface area contributed by atoms with Crippen LogP contribution in [0.15, 0.2) is 56.6 Å². The Labute approximate surface area is 139 Å². The molecule has 2 unspecified atom stereocenters. The largest absolute Gasteiger partial charge is 0.296 e. The summed E-state index contributed by atoms with van der Waals surface area (Å²) in [6, 6.07) is 9.53. The number of allylic oxidation sites excluding steroid dienone is 2. The van der Waals surface area contributed by atoms with Crippen molar-refractivity contribution in [3.8, 4) is 0 Å². The topological polar surface area (TPSA) is 71.2 Å². The lowest BCUT2D eigenvalue weighted by molar-refractivity contribution is -0.131. The number of aliphatic imine (C=N–C) groups is 3. The average molecular weight is 319 g/mol. The van der Waals surface area contributed by atoms with E-state index in [-0.39, 0.29) is 11.6 Å². The predicted molar refractivity (Wildman–Crippen MR) is 92.7 cm³/mol. The number of carbonyl (C=O) groups excluding carboxylic acids is 2. The van der Waals surface area contributed by atoms with E-state index in [9.17, 15) is 9.59 Å². The number of amidine groups is 1. The van der Waals surface area contributed by atoms with Gasteiger partial charge in [0, 0.05) is 23.3 Å². The van der Waals surface area contributed by atoms with Crippen molar-refractivity contribution in [2.24, 2.45) is 26.8 Å². The number of rotatable bonds is 1. The van der Waals surface area contributed by atoms with Gasteiger partial charge in [-0.25, -0.2) is 9.98 Å². The lowest BCUT2D eigenvalue weighted by atomic mass is 9.69. The van der Waals surface area contributed by atoms with Crippen molar-refractivity contribution in [2.75, 3.05) is 0 Å². The van der Waals surface area contributed by atoms with Gasteiger partial charge in [0.05, 0.1) is 5.92 Å². The molecule has 0 spiro atoms. The first kappa shape index (κ1) is 14.9. The summed E-state index contributed by atoms with van der Waals surface area (Å²) in [6.07, 6.45) is 1.71. The molecule has 0 bridgehead atoms. The van der Waals surface area contributed by atoms with Crippen molar-refractivity contribution in [2.45, 2.75) is 26.3 Å². The SMILES string of the molecule is CC1C(=O)C2=NC(c3ccccc3)=NC2=C2C=NC(C)(C)C(=O)C21. The average Bonchev–Trinajstić information content (AvgIpc) is 3.01. The summed E-state index contributed by atoms with van der Waals surface area (Å²) in [5, 5.41) is 0. The maximum absolute atomic E-state index is 12.8. The van der Waals surface area contributed by atoms with E-state index < -0.39 is 17.4 Å². The van der Waals surface area contributed by atoms with Gasteiger partial charge in [-0.1, -0.05) is 37.3 Å². The van der Waals surface area contributed by atoms with Gasteiger partial charge in [-0.05, 0) is 13.8 Å². The van der Waals surface area contributed by atoms with Gasteiger partial charge in [0.25, 0.3) is 0 Å². The monoisotopic (exact) mass is 319 g/mol. The van der Waals surface area contributed by atoms with Crippen LogP contribution in [-0.2, 0) is 9.59 Å². The maximum Gasteiger partial charge on any atom is 0.187 e. The van der Waals surface area contributed by atoms with Crippen LogP contribution in [0.1, 0.15) is 26.3 Å². The van der Waals surface area contributed by atoms with E-state index in [0.29, 0.717) is 17.2 Å². The Bertz CT molecular complexity index is 888. The van der Waals surface area contributed by atoms with Crippen LogP contribution in [0.3, 0.4) is 0 Å². The van der Waals surface area contributed by atoms with Crippen LogP contribution >= 0.6 is 0 Å². The molecular formula is C19H17N3O2. The number of ketones is 2. The van der Waals surface area contributed by atoms with Gasteiger partial charge < -0.3 is 0 Å². The van der Waals surface area contributed by atoms with Crippen molar-refractivity contribution in [1.82, 2.24) is 0 Å². The lowest BCUT2D eigenvalue weighted by Crippen LogP contribution is -2.48. The van der Waals surface area contributed by atoms with E-state index in [2.05, 4.69) is 15.0 Å². The van der Waals surface area contributed by atoms with Crippen molar-refractivity contribution in [3.05, 3.63) is 47.2 Å². The van der Waals surface area contributed by atoms with Crippen molar-refractivity contribution >= 4 is 29.3 Å². The fourth-order valence-electron chi connectivity index (χ4n) is 3.40. The van der Waals surface area contributed by atoms with E-state index in [1.54, 1.807) is 27.0 Å². The van der Waals surface area contributed by atoms with E-state index >= 15 is 0 Å². The molecule has 2 heterocycles. The Morgan fingerprint density at radius 3 is 2.46 bits per heavy atom. The quantitative estimate of drug-likeness (QED) is 0.797. The van der Waals surface area contributed by atoms with Gasteiger partial charge in [0.15, 0.2) is 17.4 Å². The Morgan fingerprint density at radius 1 is 1.04 bits per heavy atom. The second-order valence-electron chi connectivity index (χ2n) is 6.88. The number of Topliss-reactive ketones (excluding diaryl/α,β-unsaturated/α-hetero) is 2. The molecule has 0 fully saturated rings. The molecule has 0 N–H and O–H groups in total. The number of nitrogens with zero attached hydrogens (tertiary/aromatic N) is 3. The molecule has 1 aliphatic carbocycles. The zero-order valence-electron chi connectivity index (χ0n) is 13.8. The van der Waals surface area contributed by atoms with Crippen molar-refractivity contribution in [3.63, 3.8) is 0 Å². The summed E-state index contributed by atoms with van der Waals surface area (Å²) in [4.78, 5) is 38.9. The summed E-state index contributed by atoms with van der Waals surface area (Å²) in [5.74, 6) is -0.562. The Kier molecular flexibility index (Phi) is 3.04. The second-order valence-corrected chi connectivity index (χ2v) is 6.88. The minimum Gasteiger partial charge on any atom is -0.296 e. The van der Waals surface area contributed by atoms with E-state index in [1.165, 1.54) is 0 Å². The molecule has 0 saturated carbocycles. The molecule has 1 aromatic rings. The van der Waals surface area contributed by atoms with Crippen LogP contribution in [0.25, 0.3) is 0 Å². The zero-order valence-corrected chi connectivity index (χ0v) is 13.8. The summed E-state index contributed by atoms with van der Waals surface area (Å²) in [5.41, 5.74) is 1.63. The van der Waals surface area contributed by atoms with Gasteiger partial charge in [-0.15, -0.1) is 0 Å². The Hall–Kier alpha value is -2.69. The summed E-state index contributed by atoms with van der Waals surface area (Å²) >= 11 is 0. The predicted octanol–water partition coefficient (Wildman–Crippen LogP) is 2.41. The van der Waals surface area contributed by atoms with Crippen LogP contribution in [0, 0.1) is 11.8 Å². The molecule has 5 heteroatoms. The molecule has 5 nitrogen and oxygen atoms in total. The van der Waals surface area contributed by atoms with E-state index in [0.717, 1.165) is 11.1 Å². The number of fused-ring (bicyclic) bond motifs is 2. The first-order valence-corrected chi connectivity index (χ1v) is 8.01. The molecule has 0 amide bonds. The Balaban J connectivity index is 1.92. The zero-order chi connectivity index (χ0) is 17.1. The van der Waals surface area contributed by atoms with Gasteiger partial charge >= 0.3 is 0 Å². The summed E-state index contributed by atoms with van der Waals surface area (Å²) < 4.78 is 0. The molecule has 24 heavy (non-hydrogen) atoms. The minimum absolute atomic E-state index is 0.0317. The fraction of sp³-hybridized carbons (Fsp3) is 0.316. The molecule has 120 valence electrons. The fourth-order valence-corrected chi connectivity index (χ4v) is 3.40. The molecule has 2 aliphatic heterocycles. The first-order valence-electron chi connectivity index (χ1n) is 8.01. The normalized spacial score (nSPS) is 27.6. The van der Waals surface area contributed by atoms with Gasteiger partial charge in [0.2, 0.25) is 0 Å². The van der Waals surface area contributed by atoms with Crippen LogP contribution in [0.4, 0.5) is 0 Å². The van der Waals surface area contributed by atoms with Crippen LogP contribution < -0.4 is 0 Å². The molecule has 2 atom stereocenters. The van der Waals surface area contributed by atoms with E-state index in [4.69, 9.17) is 0 Å². The molecule has 4 rings (SSSR count). The van der Waals surface area contributed by atoms with Crippen molar-refractivity contribution < 1.29 is 9.59 Å². The third kappa shape index (κ3) is 1.97. The van der Waals surface area contributed by atoms with Gasteiger partial charge in [0.1, 0.15) is 16.9 Å². The van der Waals surface area contributed by atoms with Gasteiger partial charge in [-0.3, -0.25) is 14.6 Å². The van der Waals surface area contributed by atoms with Gasteiger partial charge in [-0.2, -0.15) is 0 Å². The highest BCUT2D eigenvalue weighted by molar-refractivity contribution is 6.52. The highest BCUT2D eigenvalue weighted by atomic mass is 16.1. The standard InChI is InChI=1S/C19H17N3O2/c1-10-13-12(9-20-19(2,3)17(13)24)14-15(16(10)23)22-18(21-14)11-7-5-4-6-8-11/h4-10,13H,1-3H3. The van der Waals surface area contributed by atoms with Crippen molar-refractivity contribution in [1.29, 1.82) is 0 Å². The smallest absolute Gasteiger partial charge is 0.187 e. The summed E-state index contributed by atoms with van der Waals surface area (Å²) in [7, 11) is 0. The third-order valence-electron chi connectivity index (χ3n) is 4.86. The summed E-state index contributed by atoms with van der Waals surface area (Å²) in [6.45, 7) is 5.35. The number of carbonyl (C=O) groups is 2. The molecule has 0 radical (unpaired) electrons. The highest BCUT2D eigenvalue weighted by Gasteiger charge is 2.49. The number of hydrogen-bond acceptors (Lipinski definition) is 5.